The number of hydrogen-bond acceptors (Lipinski definition) is 4. The Hall–Kier alpha value is -1.68. The topological polar surface area (TPSA) is 64.7 Å². The van der Waals surface area contributed by atoms with Crippen LogP contribution in [0.1, 0.15) is 18.2 Å². The van der Waals surface area contributed by atoms with Crippen LogP contribution in [-0.4, -0.2) is 15.0 Å². The predicted octanol–water partition coefficient (Wildman–Crippen LogP) is 2.65. The van der Waals surface area contributed by atoms with Crippen LogP contribution in [0, 0.1) is 6.92 Å². The van der Waals surface area contributed by atoms with E-state index in [9.17, 15) is 0 Å². The van der Waals surface area contributed by atoms with Crippen LogP contribution in [0.2, 0.25) is 5.02 Å². The highest BCUT2D eigenvalue weighted by Crippen LogP contribution is 2.24. The third-order valence-corrected chi connectivity index (χ3v) is 2.87. The van der Waals surface area contributed by atoms with Gasteiger partial charge in [-0.2, -0.15) is 0 Å². The van der Waals surface area contributed by atoms with Gasteiger partial charge in [0.15, 0.2) is 5.82 Å². The average Bonchev–Trinajstić information content (AvgIpc) is 2.29. The molecule has 2 N–H and O–H groups in total. The number of aryl methyl sites for hydroxylation is 1. The van der Waals surface area contributed by atoms with Crippen LogP contribution in [-0.2, 0) is 6.42 Å². The number of nitrogen functional groups attached to an aromatic ring is 1. The molecular formula is C12H13ClN4. The monoisotopic (exact) mass is 248 g/mol. The molecule has 0 saturated carbocycles. The standard InChI is InChI=1S/C12H13ClN4/c1-3-8-7(2)16-12(17-11(8)14)10-9(13)5-4-6-15-10/h4-6H,3H2,1-2H3,(H2,14,16,17). The number of nitrogens with zero attached hydrogens (tertiary/aromatic N) is 3. The van der Waals surface area contributed by atoms with E-state index in [0.29, 0.717) is 22.4 Å². The molecule has 17 heavy (non-hydrogen) atoms. The smallest absolute Gasteiger partial charge is 0.181 e. The number of pyridine rings is 1. The Balaban J connectivity index is 2.59. The summed E-state index contributed by atoms with van der Waals surface area (Å²) in [6.07, 6.45) is 2.47. The molecule has 0 spiro atoms. The Morgan fingerprint density at radius 2 is 2.12 bits per heavy atom. The van der Waals surface area contributed by atoms with E-state index in [-0.39, 0.29) is 0 Å². The quantitative estimate of drug-likeness (QED) is 0.887. The fourth-order valence-corrected chi connectivity index (χ4v) is 1.92. The van der Waals surface area contributed by atoms with Gasteiger partial charge in [0.25, 0.3) is 0 Å². The van der Waals surface area contributed by atoms with Gasteiger partial charge in [-0.3, -0.25) is 4.98 Å². The molecule has 88 valence electrons. The van der Waals surface area contributed by atoms with Crippen molar-refractivity contribution < 1.29 is 0 Å². The number of rotatable bonds is 2. The molecule has 0 aliphatic rings. The lowest BCUT2D eigenvalue weighted by Crippen LogP contribution is -2.05. The van der Waals surface area contributed by atoms with Gasteiger partial charge < -0.3 is 5.73 Å². The summed E-state index contributed by atoms with van der Waals surface area (Å²) in [4.78, 5) is 12.8. The van der Waals surface area contributed by atoms with Crippen LogP contribution in [0.15, 0.2) is 18.3 Å². The summed E-state index contributed by atoms with van der Waals surface area (Å²) in [6.45, 7) is 3.94. The molecule has 0 bridgehead atoms. The van der Waals surface area contributed by atoms with E-state index in [0.717, 1.165) is 17.7 Å². The molecule has 2 rings (SSSR count). The lowest BCUT2D eigenvalue weighted by atomic mass is 10.1. The minimum absolute atomic E-state index is 0.475. The van der Waals surface area contributed by atoms with Crippen LogP contribution in [0.3, 0.4) is 0 Å². The first-order chi connectivity index (χ1) is 8.13. The Kier molecular flexibility index (Phi) is 3.24. The molecular weight excluding hydrogens is 236 g/mol. The average molecular weight is 249 g/mol. The molecule has 0 amide bonds. The highest BCUT2D eigenvalue weighted by molar-refractivity contribution is 6.32. The third-order valence-electron chi connectivity index (χ3n) is 2.57. The van der Waals surface area contributed by atoms with Crippen molar-refractivity contribution in [2.45, 2.75) is 20.3 Å². The summed E-state index contributed by atoms with van der Waals surface area (Å²) >= 11 is 6.05. The maximum Gasteiger partial charge on any atom is 0.181 e. The zero-order valence-corrected chi connectivity index (χ0v) is 10.5. The van der Waals surface area contributed by atoms with Gasteiger partial charge in [0.05, 0.1) is 5.02 Å². The van der Waals surface area contributed by atoms with Crippen molar-refractivity contribution in [3.8, 4) is 11.5 Å². The largest absolute Gasteiger partial charge is 0.383 e. The first-order valence-corrected chi connectivity index (χ1v) is 5.75. The van der Waals surface area contributed by atoms with Crippen LogP contribution in [0.25, 0.3) is 11.5 Å². The van der Waals surface area contributed by atoms with Crippen LogP contribution < -0.4 is 5.73 Å². The fourth-order valence-electron chi connectivity index (χ4n) is 1.71. The van der Waals surface area contributed by atoms with E-state index >= 15 is 0 Å². The lowest BCUT2D eigenvalue weighted by molar-refractivity contribution is 1.00. The van der Waals surface area contributed by atoms with Gasteiger partial charge in [0.2, 0.25) is 0 Å². The van der Waals surface area contributed by atoms with Crippen LogP contribution in [0.5, 0.6) is 0 Å². The zero-order valence-electron chi connectivity index (χ0n) is 9.74. The van der Waals surface area contributed by atoms with Crippen molar-refractivity contribution in [3.63, 3.8) is 0 Å². The van der Waals surface area contributed by atoms with Gasteiger partial charge in [-0.25, -0.2) is 9.97 Å². The summed E-state index contributed by atoms with van der Waals surface area (Å²) in [6, 6.07) is 3.52. The molecule has 0 unspecified atom stereocenters. The normalized spacial score (nSPS) is 10.5. The Morgan fingerprint density at radius 1 is 1.35 bits per heavy atom. The molecule has 2 heterocycles. The van der Waals surface area contributed by atoms with E-state index in [4.69, 9.17) is 17.3 Å². The molecule has 0 fully saturated rings. The number of nitrogens with two attached hydrogens (primary N) is 1. The second-order valence-corrected chi connectivity index (χ2v) is 4.09. The summed E-state index contributed by atoms with van der Waals surface area (Å²) in [5, 5.41) is 0.524. The van der Waals surface area contributed by atoms with Crippen molar-refractivity contribution in [2.75, 3.05) is 5.73 Å². The summed E-state index contributed by atoms with van der Waals surface area (Å²) in [5.74, 6) is 0.972. The number of aromatic nitrogens is 3. The van der Waals surface area contributed by atoms with E-state index in [2.05, 4.69) is 15.0 Å². The maximum atomic E-state index is 6.05. The molecule has 4 nitrogen and oxygen atoms in total. The predicted molar refractivity (Wildman–Crippen MR) is 68.8 cm³/mol. The van der Waals surface area contributed by atoms with Crippen molar-refractivity contribution in [2.24, 2.45) is 0 Å². The summed E-state index contributed by atoms with van der Waals surface area (Å²) in [7, 11) is 0. The molecule has 0 saturated heterocycles. The van der Waals surface area contributed by atoms with Crippen molar-refractivity contribution in [1.29, 1.82) is 0 Å². The van der Waals surface area contributed by atoms with Crippen LogP contribution in [0.4, 0.5) is 5.82 Å². The van der Waals surface area contributed by atoms with Gasteiger partial charge in [0.1, 0.15) is 11.5 Å². The van der Waals surface area contributed by atoms with E-state index in [1.165, 1.54) is 0 Å². The Labute approximate surface area is 105 Å². The first kappa shape index (κ1) is 11.8. The molecule has 2 aromatic rings. The second-order valence-electron chi connectivity index (χ2n) is 3.68. The highest BCUT2D eigenvalue weighted by atomic mass is 35.5. The van der Waals surface area contributed by atoms with Gasteiger partial charge >= 0.3 is 0 Å². The van der Waals surface area contributed by atoms with Gasteiger partial charge in [-0.1, -0.05) is 18.5 Å². The van der Waals surface area contributed by atoms with Gasteiger partial charge in [-0.15, -0.1) is 0 Å². The Morgan fingerprint density at radius 3 is 2.71 bits per heavy atom. The number of anilines is 1. The lowest BCUT2D eigenvalue weighted by Gasteiger charge is -2.08. The van der Waals surface area contributed by atoms with Crippen molar-refractivity contribution in [3.05, 3.63) is 34.6 Å². The zero-order chi connectivity index (χ0) is 12.4. The highest BCUT2D eigenvalue weighted by Gasteiger charge is 2.12. The van der Waals surface area contributed by atoms with E-state index in [1.807, 2.05) is 13.8 Å². The molecule has 5 heteroatoms. The Bertz CT molecular complexity index is 531. The van der Waals surface area contributed by atoms with Crippen molar-refractivity contribution in [1.82, 2.24) is 15.0 Å². The van der Waals surface area contributed by atoms with Gasteiger partial charge in [0, 0.05) is 17.5 Å². The van der Waals surface area contributed by atoms with Crippen molar-refractivity contribution >= 4 is 17.4 Å². The third kappa shape index (κ3) is 2.22. The summed E-state index contributed by atoms with van der Waals surface area (Å²) in [5.41, 5.74) is 8.30. The van der Waals surface area contributed by atoms with Gasteiger partial charge in [-0.05, 0) is 25.5 Å². The first-order valence-electron chi connectivity index (χ1n) is 5.37. The molecule has 0 radical (unpaired) electrons. The maximum absolute atomic E-state index is 6.05. The molecule has 2 aromatic heterocycles. The molecule has 0 aromatic carbocycles. The van der Waals surface area contributed by atoms with Crippen LogP contribution >= 0.6 is 11.6 Å². The van der Waals surface area contributed by atoms with E-state index in [1.54, 1.807) is 18.3 Å². The molecule has 0 aliphatic heterocycles. The fraction of sp³-hybridized carbons (Fsp3) is 0.250. The minimum atomic E-state index is 0.475. The number of hydrogen-bond donors (Lipinski definition) is 1. The molecule has 0 atom stereocenters. The number of halogens is 1. The summed E-state index contributed by atoms with van der Waals surface area (Å²) < 4.78 is 0. The minimum Gasteiger partial charge on any atom is -0.383 e. The molecule has 0 aliphatic carbocycles. The van der Waals surface area contributed by atoms with E-state index < -0.39 is 0 Å². The second kappa shape index (κ2) is 4.67. The SMILES string of the molecule is CCc1c(C)nc(-c2ncccc2Cl)nc1N.